The number of nitrogens with one attached hydrogen (secondary N) is 1. The van der Waals surface area contributed by atoms with Gasteiger partial charge in [-0.2, -0.15) is 0 Å². The smallest absolute Gasteiger partial charge is 0.251 e. The summed E-state index contributed by atoms with van der Waals surface area (Å²) in [7, 11) is 0. The molecule has 1 aromatic rings. The Hall–Kier alpha value is -1.35. The molecule has 0 aromatic heterocycles. The standard InChI is InChI=1S/C12H14ClNO2/c13-11(15)8-4-5-9-14-12(16)10-6-2-1-3-7-10/h1-3,6-7H,4-5,8-9H2,(H,14,16). The van der Waals surface area contributed by atoms with Crippen molar-refractivity contribution < 1.29 is 9.59 Å². The Morgan fingerprint density at radius 1 is 1.12 bits per heavy atom. The van der Waals surface area contributed by atoms with Crippen LogP contribution in [0.2, 0.25) is 0 Å². The fourth-order valence-corrected chi connectivity index (χ4v) is 1.42. The number of amides is 1. The van der Waals surface area contributed by atoms with Crippen LogP contribution in [0, 0.1) is 0 Å². The fourth-order valence-electron chi connectivity index (χ4n) is 1.28. The summed E-state index contributed by atoms with van der Waals surface area (Å²) < 4.78 is 0. The van der Waals surface area contributed by atoms with Crippen molar-refractivity contribution in [3.05, 3.63) is 35.9 Å². The Labute approximate surface area is 99.8 Å². The summed E-state index contributed by atoms with van der Waals surface area (Å²) in [5, 5.41) is 2.45. The van der Waals surface area contributed by atoms with Gasteiger partial charge in [0.15, 0.2) is 0 Å². The largest absolute Gasteiger partial charge is 0.352 e. The van der Waals surface area contributed by atoms with Crippen LogP contribution >= 0.6 is 11.6 Å². The van der Waals surface area contributed by atoms with Gasteiger partial charge in [-0.1, -0.05) is 18.2 Å². The minimum atomic E-state index is -0.325. The number of unbranched alkanes of at least 4 members (excludes halogenated alkanes) is 1. The maximum atomic E-state index is 11.5. The summed E-state index contributed by atoms with van der Waals surface area (Å²) in [5.74, 6) is -0.0854. The molecule has 1 rings (SSSR count). The Kier molecular flexibility index (Phi) is 5.57. The van der Waals surface area contributed by atoms with Crippen LogP contribution < -0.4 is 5.32 Å². The molecule has 86 valence electrons. The number of rotatable bonds is 6. The van der Waals surface area contributed by atoms with Gasteiger partial charge in [0.1, 0.15) is 0 Å². The van der Waals surface area contributed by atoms with Gasteiger partial charge in [-0.3, -0.25) is 9.59 Å². The minimum absolute atomic E-state index is 0.0854. The van der Waals surface area contributed by atoms with Gasteiger partial charge in [0.05, 0.1) is 0 Å². The highest BCUT2D eigenvalue weighted by atomic mass is 35.5. The Bertz CT molecular complexity index is 351. The van der Waals surface area contributed by atoms with Crippen molar-refractivity contribution in [1.29, 1.82) is 0 Å². The third-order valence-electron chi connectivity index (χ3n) is 2.12. The first-order valence-corrected chi connectivity index (χ1v) is 5.59. The number of hydrogen-bond donors (Lipinski definition) is 1. The highest BCUT2D eigenvalue weighted by Crippen LogP contribution is 2.00. The van der Waals surface area contributed by atoms with Crippen LogP contribution in [0.4, 0.5) is 0 Å². The molecule has 0 atom stereocenters. The molecule has 0 bridgehead atoms. The molecular formula is C12H14ClNO2. The van der Waals surface area contributed by atoms with Gasteiger partial charge in [0.25, 0.3) is 5.91 Å². The maximum absolute atomic E-state index is 11.5. The van der Waals surface area contributed by atoms with Gasteiger partial charge in [-0.25, -0.2) is 0 Å². The van der Waals surface area contributed by atoms with E-state index in [1.807, 2.05) is 18.2 Å². The van der Waals surface area contributed by atoms with Gasteiger partial charge >= 0.3 is 0 Å². The third-order valence-corrected chi connectivity index (χ3v) is 2.31. The first kappa shape index (κ1) is 12.7. The summed E-state index contributed by atoms with van der Waals surface area (Å²) >= 11 is 5.19. The number of hydrogen-bond acceptors (Lipinski definition) is 2. The van der Waals surface area contributed by atoms with E-state index in [0.717, 1.165) is 6.42 Å². The van der Waals surface area contributed by atoms with Crippen LogP contribution in [0.25, 0.3) is 0 Å². The second-order valence-electron chi connectivity index (χ2n) is 3.43. The summed E-state index contributed by atoms with van der Waals surface area (Å²) in [6, 6.07) is 9.03. The van der Waals surface area contributed by atoms with Crippen molar-refractivity contribution in [3.8, 4) is 0 Å². The van der Waals surface area contributed by atoms with Gasteiger partial charge in [-0.15, -0.1) is 0 Å². The second kappa shape index (κ2) is 7.01. The van der Waals surface area contributed by atoms with Crippen molar-refractivity contribution in [1.82, 2.24) is 5.32 Å². The zero-order valence-corrected chi connectivity index (χ0v) is 9.67. The highest BCUT2D eigenvalue weighted by Gasteiger charge is 2.02. The van der Waals surface area contributed by atoms with Gasteiger partial charge < -0.3 is 5.32 Å². The molecule has 1 amide bonds. The molecule has 0 aliphatic carbocycles. The predicted octanol–water partition coefficient (Wildman–Crippen LogP) is 2.35. The average molecular weight is 240 g/mol. The number of halogens is 1. The van der Waals surface area contributed by atoms with Crippen molar-refractivity contribution in [2.24, 2.45) is 0 Å². The van der Waals surface area contributed by atoms with Crippen LogP contribution in [0.5, 0.6) is 0 Å². The molecule has 0 aliphatic rings. The van der Waals surface area contributed by atoms with E-state index in [1.54, 1.807) is 12.1 Å². The van der Waals surface area contributed by atoms with Gasteiger partial charge in [0.2, 0.25) is 5.24 Å². The predicted molar refractivity (Wildman–Crippen MR) is 63.5 cm³/mol. The van der Waals surface area contributed by atoms with Gasteiger partial charge in [-0.05, 0) is 36.6 Å². The Morgan fingerprint density at radius 2 is 1.81 bits per heavy atom. The van der Waals surface area contributed by atoms with Crippen LogP contribution in [0.1, 0.15) is 29.6 Å². The van der Waals surface area contributed by atoms with Crippen LogP contribution in [-0.4, -0.2) is 17.7 Å². The summed E-state index contributed by atoms with van der Waals surface area (Å²) in [6.45, 7) is 0.567. The molecule has 3 nitrogen and oxygen atoms in total. The third kappa shape index (κ3) is 4.94. The van der Waals surface area contributed by atoms with Crippen LogP contribution in [0.15, 0.2) is 30.3 Å². The number of carbonyl (C=O) groups excluding carboxylic acids is 2. The second-order valence-corrected chi connectivity index (χ2v) is 3.86. The van der Waals surface area contributed by atoms with Crippen molar-refractivity contribution >= 4 is 22.8 Å². The lowest BCUT2D eigenvalue weighted by Crippen LogP contribution is -2.24. The lowest BCUT2D eigenvalue weighted by atomic mass is 10.2. The van der Waals surface area contributed by atoms with E-state index < -0.39 is 0 Å². The monoisotopic (exact) mass is 239 g/mol. The van der Waals surface area contributed by atoms with E-state index in [-0.39, 0.29) is 11.1 Å². The fraction of sp³-hybridized carbons (Fsp3) is 0.333. The van der Waals surface area contributed by atoms with Gasteiger partial charge in [0, 0.05) is 18.5 Å². The molecule has 1 aromatic carbocycles. The summed E-state index contributed by atoms with van der Waals surface area (Å²) in [6.07, 6.45) is 1.83. The minimum Gasteiger partial charge on any atom is -0.352 e. The molecule has 1 N–H and O–H groups in total. The summed E-state index contributed by atoms with van der Waals surface area (Å²) in [4.78, 5) is 22.0. The molecule has 0 fully saturated rings. The number of carbonyl (C=O) groups is 2. The lowest BCUT2D eigenvalue weighted by Gasteiger charge is -2.03. The molecule has 0 saturated heterocycles. The molecule has 0 radical (unpaired) electrons. The maximum Gasteiger partial charge on any atom is 0.251 e. The Balaban J connectivity index is 2.19. The van der Waals surface area contributed by atoms with Crippen LogP contribution in [-0.2, 0) is 4.79 Å². The van der Waals surface area contributed by atoms with E-state index in [9.17, 15) is 9.59 Å². The molecule has 0 heterocycles. The van der Waals surface area contributed by atoms with Crippen LogP contribution in [0.3, 0.4) is 0 Å². The van der Waals surface area contributed by atoms with Crippen molar-refractivity contribution in [3.63, 3.8) is 0 Å². The molecule has 16 heavy (non-hydrogen) atoms. The van der Waals surface area contributed by atoms with Crippen molar-refractivity contribution in [2.45, 2.75) is 19.3 Å². The van der Waals surface area contributed by atoms with E-state index in [0.29, 0.717) is 24.9 Å². The average Bonchev–Trinajstić information content (AvgIpc) is 2.29. The normalized spacial score (nSPS) is 9.81. The summed E-state index contributed by atoms with van der Waals surface area (Å²) in [5.41, 5.74) is 0.649. The van der Waals surface area contributed by atoms with E-state index >= 15 is 0 Å². The molecule has 0 saturated carbocycles. The zero-order valence-electron chi connectivity index (χ0n) is 8.91. The first-order chi connectivity index (χ1) is 7.70. The first-order valence-electron chi connectivity index (χ1n) is 5.22. The van der Waals surface area contributed by atoms with E-state index in [4.69, 9.17) is 11.6 Å². The molecule has 0 aliphatic heterocycles. The molecule has 4 heteroatoms. The molecular weight excluding hydrogens is 226 g/mol. The Morgan fingerprint density at radius 3 is 2.44 bits per heavy atom. The van der Waals surface area contributed by atoms with E-state index in [1.165, 1.54) is 0 Å². The number of benzene rings is 1. The zero-order chi connectivity index (χ0) is 11.8. The lowest BCUT2D eigenvalue weighted by molar-refractivity contribution is -0.111. The quantitative estimate of drug-likeness (QED) is 0.612. The molecule has 0 spiro atoms. The van der Waals surface area contributed by atoms with E-state index in [2.05, 4.69) is 5.32 Å². The highest BCUT2D eigenvalue weighted by molar-refractivity contribution is 6.63. The topological polar surface area (TPSA) is 46.2 Å². The van der Waals surface area contributed by atoms with Crippen molar-refractivity contribution in [2.75, 3.05) is 6.54 Å². The molecule has 0 unspecified atom stereocenters. The SMILES string of the molecule is O=C(Cl)CCCCNC(=O)c1ccccc1.